The Morgan fingerprint density at radius 3 is 2.15 bits per heavy atom. The number of hydrogen-bond donors (Lipinski definition) is 3. The van der Waals surface area contributed by atoms with E-state index in [1.54, 1.807) is 0 Å². The number of rotatable bonds is 5. The predicted molar refractivity (Wildman–Crippen MR) is 59.3 cm³/mol. The maximum Gasteiger partial charge on any atom is 0.0297 e. The van der Waals surface area contributed by atoms with Crippen LogP contribution in [0.15, 0.2) is 0 Å². The van der Waals surface area contributed by atoms with Crippen LogP contribution in [-0.4, -0.2) is 43.7 Å². The van der Waals surface area contributed by atoms with E-state index in [-0.39, 0.29) is 11.7 Å². The molecule has 0 aliphatic heterocycles. The highest BCUT2D eigenvalue weighted by molar-refractivity contribution is 4.88. The summed E-state index contributed by atoms with van der Waals surface area (Å²) in [5.41, 5.74) is 5.60. The molecule has 0 spiro atoms. The molecule has 1 unspecified atom stereocenters. The minimum absolute atomic E-state index is 0. The van der Waals surface area contributed by atoms with Crippen molar-refractivity contribution in [1.29, 1.82) is 0 Å². The van der Waals surface area contributed by atoms with Crippen LogP contribution in [0, 0.1) is 0 Å². The largest absolute Gasteiger partial charge is 0.344 e. The van der Waals surface area contributed by atoms with Gasteiger partial charge >= 0.3 is 0 Å². The lowest BCUT2D eigenvalue weighted by molar-refractivity contribution is 0.147. The van der Waals surface area contributed by atoms with Crippen molar-refractivity contribution in [3.63, 3.8) is 0 Å². The molecule has 0 heterocycles. The minimum Gasteiger partial charge on any atom is -0.344 e. The van der Waals surface area contributed by atoms with E-state index in [1.807, 2.05) is 0 Å². The molecule has 6 N–H and O–H groups in total. The fourth-order valence-electron chi connectivity index (χ4n) is 0.937. The number of nitrogens with two attached hydrogens (primary N) is 1. The minimum atomic E-state index is 0. The standard InChI is InChI=1S/C9H23N3.H3N/c1-8(11-7-6-10)9(2,3)12(4)5;/h8,11H,6-7,10H2,1-5H3;1H3. The Balaban J connectivity index is 0. The van der Waals surface area contributed by atoms with Gasteiger partial charge in [-0.2, -0.15) is 0 Å². The smallest absolute Gasteiger partial charge is 0.0297 e. The Morgan fingerprint density at radius 1 is 1.38 bits per heavy atom. The Labute approximate surface area is 82.4 Å². The van der Waals surface area contributed by atoms with Gasteiger partial charge in [0.1, 0.15) is 0 Å². The van der Waals surface area contributed by atoms with Gasteiger partial charge in [-0.1, -0.05) is 0 Å². The molecule has 0 fully saturated rings. The van der Waals surface area contributed by atoms with Crippen LogP contribution in [0.1, 0.15) is 20.8 Å². The van der Waals surface area contributed by atoms with E-state index < -0.39 is 0 Å². The van der Waals surface area contributed by atoms with Crippen LogP contribution in [0.3, 0.4) is 0 Å². The maximum atomic E-state index is 5.42. The number of hydrogen-bond acceptors (Lipinski definition) is 4. The van der Waals surface area contributed by atoms with Crippen molar-refractivity contribution >= 4 is 0 Å². The second-order valence-corrected chi connectivity index (χ2v) is 4.01. The van der Waals surface area contributed by atoms with Crippen LogP contribution in [0.25, 0.3) is 0 Å². The zero-order chi connectivity index (χ0) is 9.78. The first-order valence-electron chi connectivity index (χ1n) is 4.53. The van der Waals surface area contributed by atoms with Crippen molar-refractivity contribution < 1.29 is 0 Å². The van der Waals surface area contributed by atoms with E-state index in [2.05, 4.69) is 45.1 Å². The molecule has 4 nitrogen and oxygen atoms in total. The average Bonchev–Trinajstić information content (AvgIpc) is 1.99. The topological polar surface area (TPSA) is 76.3 Å². The van der Waals surface area contributed by atoms with Gasteiger partial charge in [-0.15, -0.1) is 0 Å². The van der Waals surface area contributed by atoms with E-state index in [1.165, 1.54) is 0 Å². The highest BCUT2D eigenvalue weighted by atomic mass is 15.2. The van der Waals surface area contributed by atoms with Crippen LogP contribution in [0.4, 0.5) is 0 Å². The molecule has 0 radical (unpaired) electrons. The van der Waals surface area contributed by atoms with Crippen molar-refractivity contribution in [2.75, 3.05) is 27.2 Å². The third-order valence-electron chi connectivity index (χ3n) is 2.81. The van der Waals surface area contributed by atoms with Gasteiger partial charge in [0.15, 0.2) is 0 Å². The number of nitrogens with zero attached hydrogens (tertiary/aromatic N) is 1. The second kappa shape index (κ2) is 6.32. The number of likely N-dealkylation sites (N-methyl/N-ethyl adjacent to an activating group) is 1. The van der Waals surface area contributed by atoms with Crippen molar-refractivity contribution in [3.8, 4) is 0 Å². The van der Waals surface area contributed by atoms with E-state index in [4.69, 9.17) is 5.73 Å². The third kappa shape index (κ3) is 4.57. The maximum absolute atomic E-state index is 5.42. The molecule has 13 heavy (non-hydrogen) atoms. The zero-order valence-electron chi connectivity index (χ0n) is 9.72. The summed E-state index contributed by atoms with van der Waals surface area (Å²) in [7, 11) is 4.20. The Hall–Kier alpha value is -0.160. The monoisotopic (exact) mass is 190 g/mol. The van der Waals surface area contributed by atoms with Gasteiger partial charge in [0, 0.05) is 24.7 Å². The van der Waals surface area contributed by atoms with Gasteiger partial charge in [-0.25, -0.2) is 0 Å². The first-order chi connectivity index (χ1) is 5.42. The molecule has 0 aromatic carbocycles. The molecule has 0 amide bonds. The summed E-state index contributed by atoms with van der Waals surface area (Å²) in [4.78, 5) is 2.22. The molecule has 1 atom stereocenters. The first kappa shape index (κ1) is 15.3. The molecule has 0 aromatic heterocycles. The van der Waals surface area contributed by atoms with Crippen molar-refractivity contribution in [2.24, 2.45) is 5.73 Å². The van der Waals surface area contributed by atoms with Gasteiger partial charge in [0.25, 0.3) is 0 Å². The Kier molecular flexibility index (Phi) is 7.44. The third-order valence-corrected chi connectivity index (χ3v) is 2.81. The Bertz CT molecular complexity index is 123. The lowest BCUT2D eigenvalue weighted by Gasteiger charge is -2.38. The highest BCUT2D eigenvalue weighted by Crippen LogP contribution is 2.14. The quantitative estimate of drug-likeness (QED) is 0.587. The van der Waals surface area contributed by atoms with E-state index in [0.29, 0.717) is 12.6 Å². The van der Waals surface area contributed by atoms with Gasteiger partial charge in [-0.05, 0) is 34.9 Å². The molecule has 0 aliphatic carbocycles. The summed E-state index contributed by atoms with van der Waals surface area (Å²) in [6.45, 7) is 8.23. The van der Waals surface area contributed by atoms with Crippen molar-refractivity contribution in [1.82, 2.24) is 16.4 Å². The van der Waals surface area contributed by atoms with E-state index >= 15 is 0 Å². The van der Waals surface area contributed by atoms with Crippen LogP contribution in [-0.2, 0) is 0 Å². The summed E-state index contributed by atoms with van der Waals surface area (Å²) in [5, 5.41) is 3.39. The zero-order valence-corrected chi connectivity index (χ0v) is 9.72. The lowest BCUT2D eigenvalue weighted by atomic mass is 9.95. The highest BCUT2D eigenvalue weighted by Gasteiger charge is 2.27. The second-order valence-electron chi connectivity index (χ2n) is 4.01. The first-order valence-corrected chi connectivity index (χ1v) is 4.53. The Morgan fingerprint density at radius 2 is 1.85 bits per heavy atom. The lowest BCUT2D eigenvalue weighted by Crippen LogP contribution is -2.54. The van der Waals surface area contributed by atoms with E-state index in [0.717, 1.165) is 6.54 Å². The summed E-state index contributed by atoms with van der Waals surface area (Å²) in [6.07, 6.45) is 0. The molecule has 0 aromatic rings. The molecule has 82 valence electrons. The average molecular weight is 190 g/mol. The van der Waals surface area contributed by atoms with Crippen LogP contribution in [0.5, 0.6) is 0 Å². The van der Waals surface area contributed by atoms with Crippen LogP contribution in [0.2, 0.25) is 0 Å². The molecular formula is C9H26N4. The molecule has 0 bridgehead atoms. The molecule has 0 aliphatic rings. The molecular weight excluding hydrogens is 164 g/mol. The predicted octanol–water partition coefficient (Wildman–Crippen LogP) is 0.425. The summed E-state index contributed by atoms with van der Waals surface area (Å²) >= 11 is 0. The van der Waals surface area contributed by atoms with Crippen LogP contribution < -0.4 is 17.2 Å². The van der Waals surface area contributed by atoms with Gasteiger partial charge in [0.2, 0.25) is 0 Å². The summed E-state index contributed by atoms with van der Waals surface area (Å²) in [5.74, 6) is 0. The van der Waals surface area contributed by atoms with Crippen molar-refractivity contribution in [2.45, 2.75) is 32.4 Å². The number of nitrogens with one attached hydrogen (secondary N) is 1. The summed E-state index contributed by atoms with van der Waals surface area (Å²) < 4.78 is 0. The normalized spacial score (nSPS) is 14.1. The summed E-state index contributed by atoms with van der Waals surface area (Å²) in [6, 6.07) is 0.455. The molecule has 0 saturated heterocycles. The van der Waals surface area contributed by atoms with E-state index in [9.17, 15) is 0 Å². The molecule has 4 heteroatoms. The van der Waals surface area contributed by atoms with Crippen LogP contribution >= 0.6 is 0 Å². The fraction of sp³-hybridized carbons (Fsp3) is 1.00. The fourth-order valence-corrected chi connectivity index (χ4v) is 0.937. The molecule has 0 rings (SSSR count). The SMILES string of the molecule is CC(NCCN)C(C)(C)N(C)C.N. The van der Waals surface area contributed by atoms with Crippen molar-refractivity contribution in [3.05, 3.63) is 0 Å². The van der Waals surface area contributed by atoms with Gasteiger partial charge in [-0.3, -0.25) is 0 Å². The molecule has 0 saturated carbocycles. The van der Waals surface area contributed by atoms with Gasteiger partial charge < -0.3 is 22.1 Å². The van der Waals surface area contributed by atoms with Gasteiger partial charge in [0.05, 0.1) is 0 Å².